The number of anilines is 2. The van der Waals surface area contributed by atoms with Gasteiger partial charge >= 0.3 is 6.18 Å². The maximum absolute atomic E-state index is 12.7. The Kier molecular flexibility index (Phi) is 4.61. The fourth-order valence-electron chi connectivity index (χ4n) is 1.96. The first kappa shape index (κ1) is 14.8. The number of hydrogen-bond acceptors (Lipinski definition) is 6. The summed E-state index contributed by atoms with van der Waals surface area (Å²) in [6.45, 7) is 1.84. The van der Waals surface area contributed by atoms with E-state index in [2.05, 4.69) is 15.3 Å². The molecule has 9 heteroatoms. The number of rotatable bonds is 4. The summed E-state index contributed by atoms with van der Waals surface area (Å²) in [7, 11) is 0. The SMILES string of the molecule is NNc1nc(NCC2CCCOC2)cc(C(F)(F)F)n1. The Balaban J connectivity index is 2.06. The van der Waals surface area contributed by atoms with E-state index in [0.717, 1.165) is 25.5 Å². The fourth-order valence-corrected chi connectivity index (χ4v) is 1.96. The van der Waals surface area contributed by atoms with Crippen molar-refractivity contribution in [1.82, 2.24) is 9.97 Å². The molecule has 0 aromatic carbocycles. The molecule has 0 bridgehead atoms. The van der Waals surface area contributed by atoms with Gasteiger partial charge in [0.15, 0.2) is 5.69 Å². The summed E-state index contributed by atoms with van der Waals surface area (Å²) in [5.74, 6) is 5.16. The van der Waals surface area contributed by atoms with E-state index in [0.29, 0.717) is 13.2 Å². The van der Waals surface area contributed by atoms with E-state index in [1.165, 1.54) is 0 Å². The molecular formula is C11H16F3N5O. The number of nitrogens with one attached hydrogen (secondary N) is 2. The first-order valence-electron chi connectivity index (χ1n) is 6.23. The van der Waals surface area contributed by atoms with Gasteiger partial charge in [-0.3, -0.25) is 5.43 Å². The van der Waals surface area contributed by atoms with Gasteiger partial charge in [0.2, 0.25) is 5.95 Å². The molecule has 1 fully saturated rings. The van der Waals surface area contributed by atoms with Gasteiger partial charge in [0.25, 0.3) is 0 Å². The van der Waals surface area contributed by atoms with E-state index in [4.69, 9.17) is 10.6 Å². The predicted octanol–water partition coefficient (Wildman–Crippen LogP) is 1.62. The van der Waals surface area contributed by atoms with Crippen LogP contribution >= 0.6 is 0 Å². The Labute approximate surface area is 113 Å². The Morgan fingerprint density at radius 2 is 2.20 bits per heavy atom. The smallest absolute Gasteiger partial charge is 0.381 e. The van der Waals surface area contributed by atoms with Crippen molar-refractivity contribution in [2.24, 2.45) is 11.8 Å². The lowest BCUT2D eigenvalue weighted by atomic mass is 10.0. The van der Waals surface area contributed by atoms with Crippen molar-refractivity contribution in [3.8, 4) is 0 Å². The lowest BCUT2D eigenvalue weighted by molar-refractivity contribution is -0.141. The van der Waals surface area contributed by atoms with Crippen LogP contribution in [0.4, 0.5) is 24.9 Å². The molecule has 1 unspecified atom stereocenters. The topological polar surface area (TPSA) is 85.1 Å². The number of hydrogen-bond donors (Lipinski definition) is 3. The van der Waals surface area contributed by atoms with Gasteiger partial charge in [0.1, 0.15) is 5.82 Å². The van der Waals surface area contributed by atoms with Crippen LogP contribution in [0.1, 0.15) is 18.5 Å². The molecule has 1 saturated heterocycles. The first-order valence-corrected chi connectivity index (χ1v) is 6.23. The lowest BCUT2D eigenvalue weighted by Crippen LogP contribution is -2.25. The molecule has 0 spiro atoms. The molecule has 4 N–H and O–H groups in total. The van der Waals surface area contributed by atoms with Gasteiger partial charge in [-0.1, -0.05) is 0 Å². The Morgan fingerprint density at radius 1 is 1.40 bits per heavy atom. The van der Waals surface area contributed by atoms with Crippen LogP contribution in [0.15, 0.2) is 6.07 Å². The third kappa shape index (κ3) is 3.94. The highest BCUT2D eigenvalue weighted by Gasteiger charge is 2.33. The molecule has 0 radical (unpaired) electrons. The highest BCUT2D eigenvalue weighted by atomic mass is 19.4. The average Bonchev–Trinajstić information content (AvgIpc) is 2.45. The predicted molar refractivity (Wildman–Crippen MR) is 66.9 cm³/mol. The summed E-state index contributed by atoms with van der Waals surface area (Å²) in [5, 5.41) is 2.87. The maximum atomic E-state index is 12.7. The number of nitrogens with zero attached hydrogens (tertiary/aromatic N) is 2. The molecule has 2 heterocycles. The van der Waals surface area contributed by atoms with Crippen LogP contribution in [-0.4, -0.2) is 29.7 Å². The first-order chi connectivity index (χ1) is 9.49. The van der Waals surface area contributed by atoms with Gasteiger partial charge in [-0.2, -0.15) is 18.2 Å². The molecule has 1 aromatic rings. The van der Waals surface area contributed by atoms with E-state index >= 15 is 0 Å². The molecule has 112 valence electrons. The lowest BCUT2D eigenvalue weighted by Gasteiger charge is -2.22. The fraction of sp³-hybridized carbons (Fsp3) is 0.636. The van der Waals surface area contributed by atoms with Crippen molar-refractivity contribution in [3.63, 3.8) is 0 Å². The summed E-state index contributed by atoms with van der Waals surface area (Å²) in [5.41, 5.74) is 0.992. The summed E-state index contributed by atoms with van der Waals surface area (Å²) in [6.07, 6.45) is -2.61. The number of halogens is 3. The molecule has 6 nitrogen and oxygen atoms in total. The number of alkyl halides is 3. The monoisotopic (exact) mass is 291 g/mol. The number of nitrogen functional groups attached to an aromatic ring is 1. The van der Waals surface area contributed by atoms with Gasteiger partial charge in [-0.25, -0.2) is 10.8 Å². The quantitative estimate of drug-likeness (QED) is 0.577. The maximum Gasteiger partial charge on any atom is 0.433 e. The molecule has 1 atom stereocenters. The minimum absolute atomic E-state index is 0.0887. The van der Waals surface area contributed by atoms with Crippen LogP contribution < -0.4 is 16.6 Å². The third-order valence-corrected chi connectivity index (χ3v) is 2.97. The molecule has 2 rings (SSSR count). The van der Waals surface area contributed by atoms with Crippen LogP contribution in [0.5, 0.6) is 0 Å². The van der Waals surface area contributed by atoms with Crippen LogP contribution in [-0.2, 0) is 10.9 Å². The van der Waals surface area contributed by atoms with E-state index in [1.807, 2.05) is 5.43 Å². The summed E-state index contributed by atoms with van der Waals surface area (Å²) in [6, 6.07) is 0.866. The number of nitrogens with two attached hydrogens (primary N) is 1. The summed E-state index contributed by atoms with van der Waals surface area (Å²) >= 11 is 0. The minimum atomic E-state index is -4.54. The van der Waals surface area contributed by atoms with Crippen LogP contribution in [0.2, 0.25) is 0 Å². The van der Waals surface area contributed by atoms with E-state index < -0.39 is 11.9 Å². The largest absolute Gasteiger partial charge is 0.433 e. The van der Waals surface area contributed by atoms with Gasteiger partial charge < -0.3 is 10.1 Å². The zero-order chi connectivity index (χ0) is 14.6. The highest BCUT2D eigenvalue weighted by Crippen LogP contribution is 2.29. The van der Waals surface area contributed by atoms with E-state index in [1.54, 1.807) is 0 Å². The molecule has 1 aliphatic heterocycles. The van der Waals surface area contributed by atoms with Crippen LogP contribution in [0.25, 0.3) is 0 Å². The van der Waals surface area contributed by atoms with Crippen LogP contribution in [0, 0.1) is 5.92 Å². The van der Waals surface area contributed by atoms with Gasteiger partial charge in [0.05, 0.1) is 6.61 Å². The molecule has 1 aromatic heterocycles. The van der Waals surface area contributed by atoms with Gasteiger partial charge in [-0.15, -0.1) is 0 Å². The normalized spacial score (nSPS) is 19.7. The second kappa shape index (κ2) is 6.23. The number of hydrazine groups is 1. The zero-order valence-corrected chi connectivity index (χ0v) is 10.7. The Bertz CT molecular complexity index is 448. The second-order valence-electron chi connectivity index (χ2n) is 4.57. The Morgan fingerprint density at radius 3 is 2.80 bits per heavy atom. The van der Waals surface area contributed by atoms with Gasteiger partial charge in [0, 0.05) is 19.2 Å². The molecule has 0 amide bonds. The van der Waals surface area contributed by atoms with Crippen molar-refractivity contribution in [2.45, 2.75) is 19.0 Å². The summed E-state index contributed by atoms with van der Waals surface area (Å²) < 4.78 is 43.3. The van der Waals surface area contributed by atoms with E-state index in [-0.39, 0.29) is 17.7 Å². The van der Waals surface area contributed by atoms with Crippen molar-refractivity contribution in [3.05, 3.63) is 11.8 Å². The third-order valence-electron chi connectivity index (χ3n) is 2.97. The summed E-state index contributed by atoms with van der Waals surface area (Å²) in [4.78, 5) is 7.13. The molecule has 0 aliphatic carbocycles. The minimum Gasteiger partial charge on any atom is -0.381 e. The van der Waals surface area contributed by atoms with Crippen LogP contribution in [0.3, 0.4) is 0 Å². The van der Waals surface area contributed by atoms with Gasteiger partial charge in [-0.05, 0) is 18.8 Å². The number of aromatic nitrogens is 2. The Hall–Kier alpha value is -1.61. The molecule has 0 saturated carbocycles. The average molecular weight is 291 g/mol. The highest BCUT2D eigenvalue weighted by molar-refractivity contribution is 5.42. The number of ether oxygens (including phenoxy) is 1. The van der Waals surface area contributed by atoms with Crippen molar-refractivity contribution in [2.75, 3.05) is 30.5 Å². The van der Waals surface area contributed by atoms with Crippen molar-refractivity contribution in [1.29, 1.82) is 0 Å². The standard InChI is InChI=1S/C11H16F3N5O/c12-11(13,14)8-4-9(18-10(17-8)19-15)16-5-7-2-1-3-20-6-7/h4,7H,1-3,5-6,15H2,(H2,16,17,18,19). The van der Waals surface area contributed by atoms with Crippen molar-refractivity contribution >= 4 is 11.8 Å². The van der Waals surface area contributed by atoms with Crippen molar-refractivity contribution < 1.29 is 17.9 Å². The molecular weight excluding hydrogens is 275 g/mol. The molecule has 1 aliphatic rings. The second-order valence-corrected chi connectivity index (χ2v) is 4.57. The zero-order valence-electron chi connectivity index (χ0n) is 10.7. The van der Waals surface area contributed by atoms with E-state index in [9.17, 15) is 13.2 Å². The molecule has 20 heavy (non-hydrogen) atoms.